The second-order valence-corrected chi connectivity index (χ2v) is 11.8. The van der Waals surface area contributed by atoms with Crippen LogP contribution in [0.5, 0.6) is 11.5 Å². The zero-order chi connectivity index (χ0) is 28.8. The first-order valence-electron chi connectivity index (χ1n) is 13.3. The summed E-state index contributed by atoms with van der Waals surface area (Å²) in [6.07, 6.45) is 0. The van der Waals surface area contributed by atoms with Crippen LogP contribution < -0.4 is 20.1 Å². The monoisotopic (exact) mass is 587 g/mol. The number of fused-ring (bicyclic) bond motifs is 3. The van der Waals surface area contributed by atoms with Gasteiger partial charge in [-0.15, -0.1) is 11.3 Å². The number of nitrogens with two attached hydrogens (primary N) is 1. The van der Waals surface area contributed by atoms with E-state index in [0.717, 1.165) is 60.4 Å². The molecule has 0 bridgehead atoms. The fourth-order valence-electron chi connectivity index (χ4n) is 5.21. The maximum absolute atomic E-state index is 14.5. The molecule has 3 heterocycles. The Bertz CT molecular complexity index is 1920. The zero-order valence-electron chi connectivity index (χ0n) is 22.8. The predicted octanol–water partition coefficient (Wildman–Crippen LogP) is 8.67. The van der Waals surface area contributed by atoms with E-state index >= 15 is 0 Å². The first-order chi connectivity index (χ1) is 20.6. The van der Waals surface area contributed by atoms with Gasteiger partial charge in [-0.2, -0.15) is 0 Å². The van der Waals surface area contributed by atoms with Crippen LogP contribution in [0.2, 0.25) is 0 Å². The molecule has 8 heteroatoms. The molecule has 0 radical (unpaired) electrons. The van der Waals surface area contributed by atoms with E-state index in [-0.39, 0.29) is 5.91 Å². The highest BCUT2D eigenvalue weighted by Gasteiger charge is 2.32. The van der Waals surface area contributed by atoms with E-state index in [1.165, 1.54) is 11.3 Å². The number of ether oxygens (including phenoxy) is 2. The van der Waals surface area contributed by atoms with Gasteiger partial charge in [-0.1, -0.05) is 48.2 Å². The number of para-hydroxylation sites is 2. The molecule has 206 valence electrons. The molecule has 0 unspecified atom stereocenters. The maximum atomic E-state index is 14.5. The summed E-state index contributed by atoms with van der Waals surface area (Å²) in [5.74, 6) is 1.35. The molecular weight excluding hydrogens is 563 g/mol. The fourth-order valence-corrected chi connectivity index (χ4v) is 7.32. The molecule has 0 atom stereocenters. The molecule has 1 aliphatic heterocycles. The van der Waals surface area contributed by atoms with Gasteiger partial charge in [0.1, 0.15) is 21.2 Å². The Balaban J connectivity index is 1.43. The summed E-state index contributed by atoms with van der Waals surface area (Å²) >= 11 is 2.98. The lowest BCUT2D eigenvalue weighted by atomic mass is 9.99. The Kier molecular flexibility index (Phi) is 6.57. The van der Waals surface area contributed by atoms with Crippen molar-refractivity contribution in [2.75, 3.05) is 24.9 Å². The summed E-state index contributed by atoms with van der Waals surface area (Å²) < 4.78 is 10.7. The molecule has 0 fully saturated rings. The molecule has 4 aromatic carbocycles. The van der Waals surface area contributed by atoms with Crippen molar-refractivity contribution in [3.63, 3.8) is 0 Å². The number of hydrogen-bond donors (Lipinski definition) is 1. The van der Waals surface area contributed by atoms with Gasteiger partial charge < -0.3 is 15.2 Å². The van der Waals surface area contributed by atoms with Crippen LogP contribution >= 0.6 is 23.1 Å². The number of methoxy groups -OCH3 is 2. The summed E-state index contributed by atoms with van der Waals surface area (Å²) in [4.78, 5) is 24.4. The SMILES string of the molecule is COc1ccc(-c2cc(-c3ccc(OC)cc3)c3c(N)c(C(=O)N4c5ccccc5Sc5ccccc54)sc3n2)cc1. The van der Waals surface area contributed by atoms with Crippen molar-refractivity contribution < 1.29 is 14.3 Å². The second-order valence-electron chi connectivity index (χ2n) is 9.72. The van der Waals surface area contributed by atoms with Gasteiger partial charge in [0.15, 0.2) is 0 Å². The van der Waals surface area contributed by atoms with Crippen LogP contribution in [0.25, 0.3) is 32.6 Å². The molecule has 6 aromatic rings. The lowest BCUT2D eigenvalue weighted by Crippen LogP contribution is -2.28. The fraction of sp³-hybridized carbons (Fsp3) is 0.0588. The number of rotatable bonds is 5. The van der Waals surface area contributed by atoms with Crippen molar-refractivity contribution in [2.45, 2.75) is 9.79 Å². The first kappa shape index (κ1) is 26.1. The predicted molar refractivity (Wildman–Crippen MR) is 171 cm³/mol. The van der Waals surface area contributed by atoms with Crippen LogP contribution in [0, 0.1) is 0 Å². The second kappa shape index (κ2) is 10.6. The first-order valence-corrected chi connectivity index (χ1v) is 14.9. The Morgan fingerprint density at radius 3 is 1.88 bits per heavy atom. The molecule has 2 aromatic heterocycles. The van der Waals surface area contributed by atoms with Crippen LogP contribution in [0.3, 0.4) is 0 Å². The minimum Gasteiger partial charge on any atom is -0.497 e. The lowest BCUT2D eigenvalue weighted by molar-refractivity contribution is 0.100. The largest absolute Gasteiger partial charge is 0.497 e. The molecule has 0 saturated heterocycles. The number of nitrogen functional groups attached to an aromatic ring is 1. The van der Waals surface area contributed by atoms with E-state index in [1.807, 2.05) is 103 Å². The van der Waals surface area contributed by atoms with Crippen molar-refractivity contribution in [1.29, 1.82) is 0 Å². The van der Waals surface area contributed by atoms with Gasteiger partial charge in [-0.3, -0.25) is 9.69 Å². The topological polar surface area (TPSA) is 77.7 Å². The Hall–Kier alpha value is -4.79. The zero-order valence-corrected chi connectivity index (χ0v) is 24.5. The van der Waals surface area contributed by atoms with Crippen molar-refractivity contribution in [3.8, 4) is 33.9 Å². The standard InChI is InChI=1S/C34H25N3O3S2/c1-39-22-15-11-20(12-16-22)24-19-25(21-13-17-23(40-2)18-14-21)36-33-30(24)31(35)32(42-33)34(38)37-26-7-3-5-9-28(26)41-29-10-6-4-8-27(29)37/h3-19H,35H2,1-2H3. The molecule has 0 saturated carbocycles. The summed E-state index contributed by atoms with van der Waals surface area (Å²) in [7, 11) is 3.29. The van der Waals surface area contributed by atoms with E-state index in [9.17, 15) is 4.79 Å². The number of hydrogen-bond acceptors (Lipinski definition) is 7. The van der Waals surface area contributed by atoms with E-state index in [2.05, 4.69) is 0 Å². The van der Waals surface area contributed by atoms with Crippen LogP contribution in [0.4, 0.5) is 17.1 Å². The minimum absolute atomic E-state index is 0.178. The number of carbonyl (C=O) groups excluding carboxylic acids is 1. The van der Waals surface area contributed by atoms with Crippen molar-refractivity contribution in [3.05, 3.63) is 108 Å². The van der Waals surface area contributed by atoms with Gasteiger partial charge in [-0.25, -0.2) is 4.98 Å². The van der Waals surface area contributed by atoms with Crippen molar-refractivity contribution >= 4 is 56.3 Å². The van der Waals surface area contributed by atoms with Gasteiger partial charge >= 0.3 is 0 Å². The number of aromatic nitrogens is 1. The maximum Gasteiger partial charge on any atom is 0.275 e. The van der Waals surface area contributed by atoms with Crippen LogP contribution in [-0.4, -0.2) is 25.1 Å². The van der Waals surface area contributed by atoms with E-state index < -0.39 is 0 Å². The summed E-state index contributed by atoms with van der Waals surface area (Å²) in [5, 5.41) is 0.763. The average Bonchev–Trinajstić information content (AvgIpc) is 3.39. The van der Waals surface area contributed by atoms with Gasteiger partial charge in [0.05, 0.1) is 37.0 Å². The highest BCUT2D eigenvalue weighted by Crippen LogP contribution is 2.50. The highest BCUT2D eigenvalue weighted by atomic mass is 32.2. The normalized spacial score (nSPS) is 12.1. The van der Waals surface area contributed by atoms with Crippen LogP contribution in [0.1, 0.15) is 9.67 Å². The molecule has 1 amide bonds. The van der Waals surface area contributed by atoms with Gasteiger partial charge in [-0.05, 0) is 77.9 Å². The van der Waals surface area contributed by atoms with Crippen LogP contribution in [-0.2, 0) is 0 Å². The third-order valence-corrected chi connectivity index (χ3v) is 9.53. The summed E-state index contributed by atoms with van der Waals surface area (Å²) in [5.41, 5.74) is 12.5. The Morgan fingerprint density at radius 1 is 0.762 bits per heavy atom. The number of anilines is 3. The summed E-state index contributed by atoms with van der Waals surface area (Å²) in [6.45, 7) is 0. The third-order valence-electron chi connectivity index (χ3n) is 7.32. The highest BCUT2D eigenvalue weighted by molar-refractivity contribution is 7.99. The summed E-state index contributed by atoms with van der Waals surface area (Å²) in [6, 6.07) is 33.6. The smallest absolute Gasteiger partial charge is 0.275 e. The van der Waals surface area contributed by atoms with E-state index in [0.29, 0.717) is 15.4 Å². The van der Waals surface area contributed by atoms with Crippen molar-refractivity contribution in [2.24, 2.45) is 0 Å². The number of nitrogens with zero attached hydrogens (tertiary/aromatic N) is 2. The number of amides is 1. The molecule has 1 aliphatic rings. The quantitative estimate of drug-likeness (QED) is 0.217. The average molecular weight is 588 g/mol. The van der Waals surface area contributed by atoms with Gasteiger partial charge in [0.25, 0.3) is 5.91 Å². The Morgan fingerprint density at radius 2 is 1.31 bits per heavy atom. The van der Waals surface area contributed by atoms with Crippen molar-refractivity contribution in [1.82, 2.24) is 4.98 Å². The Labute approximate surface area is 251 Å². The van der Waals surface area contributed by atoms with Crippen LogP contribution in [0.15, 0.2) is 113 Å². The number of thiophene rings is 1. The molecule has 2 N–H and O–H groups in total. The van der Waals surface area contributed by atoms with Gasteiger partial charge in [0, 0.05) is 20.7 Å². The number of benzene rings is 4. The van der Waals surface area contributed by atoms with E-state index in [4.69, 9.17) is 20.2 Å². The number of pyridine rings is 1. The third kappa shape index (κ3) is 4.36. The minimum atomic E-state index is -0.178. The number of carbonyl (C=O) groups is 1. The molecule has 7 rings (SSSR count). The molecular formula is C34H25N3O3S2. The molecule has 42 heavy (non-hydrogen) atoms. The van der Waals surface area contributed by atoms with Gasteiger partial charge in [0.2, 0.25) is 0 Å². The molecule has 6 nitrogen and oxygen atoms in total. The molecule has 0 aliphatic carbocycles. The van der Waals surface area contributed by atoms with E-state index in [1.54, 1.807) is 30.9 Å². The molecule has 0 spiro atoms. The lowest BCUT2D eigenvalue weighted by Gasteiger charge is -2.30.